The molecule has 8 N–H and O–H groups in total. The first-order valence-electron chi connectivity index (χ1n) is 11.0. The second-order valence-corrected chi connectivity index (χ2v) is 8.69. The summed E-state index contributed by atoms with van der Waals surface area (Å²) in [6, 6.07) is 2.91. The van der Waals surface area contributed by atoms with Crippen LogP contribution in [0.2, 0.25) is 0 Å². The summed E-state index contributed by atoms with van der Waals surface area (Å²) < 4.78 is 0. The van der Waals surface area contributed by atoms with Gasteiger partial charge in [-0.1, -0.05) is 32.0 Å². The summed E-state index contributed by atoms with van der Waals surface area (Å²) >= 11 is 0. The van der Waals surface area contributed by atoms with Crippen molar-refractivity contribution in [3.8, 4) is 0 Å². The van der Waals surface area contributed by atoms with E-state index < -0.39 is 54.0 Å². The van der Waals surface area contributed by atoms with Crippen LogP contribution < -0.4 is 21.7 Å². The molecular weight excluding hydrogens is 442 g/mol. The number of fused-ring (bicyclic) bond motifs is 1. The molecule has 11 nitrogen and oxygen atoms in total. The van der Waals surface area contributed by atoms with Gasteiger partial charge in [-0.3, -0.25) is 19.2 Å². The lowest BCUT2D eigenvalue weighted by Gasteiger charge is -2.27. The predicted octanol–water partition coefficient (Wildman–Crippen LogP) is -0.367. The predicted molar refractivity (Wildman–Crippen MR) is 126 cm³/mol. The fourth-order valence-electron chi connectivity index (χ4n) is 3.37. The van der Waals surface area contributed by atoms with Crippen LogP contribution in [0.3, 0.4) is 0 Å². The SMILES string of the molecule is CC(NC(=O)C(NC(=O)C(Cc1c[nH]c2ccccc12)NC(=O)C(N)C(C)O)C(C)C)C(=O)O. The van der Waals surface area contributed by atoms with E-state index in [2.05, 4.69) is 20.9 Å². The molecule has 0 saturated heterocycles. The highest BCUT2D eigenvalue weighted by Gasteiger charge is 2.32. The molecule has 2 rings (SSSR count). The number of hydrogen-bond acceptors (Lipinski definition) is 6. The average Bonchev–Trinajstić information content (AvgIpc) is 3.18. The van der Waals surface area contributed by atoms with Crippen LogP contribution >= 0.6 is 0 Å². The number of aliphatic hydroxyl groups is 1. The molecule has 0 saturated carbocycles. The number of benzene rings is 1. The number of carbonyl (C=O) groups excluding carboxylic acids is 3. The van der Waals surface area contributed by atoms with Crippen LogP contribution in [0.4, 0.5) is 0 Å². The highest BCUT2D eigenvalue weighted by atomic mass is 16.4. The average molecular weight is 476 g/mol. The van der Waals surface area contributed by atoms with Gasteiger partial charge in [0.05, 0.1) is 6.10 Å². The topological polar surface area (TPSA) is 187 Å². The van der Waals surface area contributed by atoms with E-state index >= 15 is 0 Å². The van der Waals surface area contributed by atoms with Crippen LogP contribution in [0.5, 0.6) is 0 Å². The summed E-state index contributed by atoms with van der Waals surface area (Å²) in [7, 11) is 0. The van der Waals surface area contributed by atoms with Crippen molar-refractivity contribution >= 4 is 34.6 Å². The number of aliphatic hydroxyl groups excluding tert-OH is 1. The molecule has 0 fully saturated rings. The van der Waals surface area contributed by atoms with Crippen molar-refractivity contribution < 1.29 is 29.4 Å². The molecule has 0 spiro atoms. The Morgan fingerprint density at radius 3 is 2.21 bits per heavy atom. The van der Waals surface area contributed by atoms with Gasteiger partial charge in [-0.05, 0) is 31.4 Å². The molecule has 1 aromatic heterocycles. The van der Waals surface area contributed by atoms with Gasteiger partial charge < -0.3 is 36.9 Å². The number of H-pyrrole nitrogens is 1. The number of aliphatic carboxylic acids is 1. The molecule has 5 unspecified atom stereocenters. The highest BCUT2D eigenvalue weighted by molar-refractivity contribution is 5.95. The van der Waals surface area contributed by atoms with Gasteiger partial charge in [-0.2, -0.15) is 0 Å². The minimum Gasteiger partial charge on any atom is -0.480 e. The number of carboxylic acid groups (broad SMARTS) is 1. The molecule has 0 aliphatic carbocycles. The lowest BCUT2D eigenvalue weighted by Crippen LogP contribution is -2.59. The van der Waals surface area contributed by atoms with Gasteiger partial charge in [0.1, 0.15) is 24.2 Å². The van der Waals surface area contributed by atoms with Gasteiger partial charge in [-0.25, -0.2) is 0 Å². The highest BCUT2D eigenvalue weighted by Crippen LogP contribution is 2.19. The van der Waals surface area contributed by atoms with E-state index in [0.717, 1.165) is 16.5 Å². The third-order valence-electron chi connectivity index (χ3n) is 5.53. The van der Waals surface area contributed by atoms with Gasteiger partial charge in [-0.15, -0.1) is 0 Å². The molecule has 34 heavy (non-hydrogen) atoms. The number of carboxylic acids is 1. The number of amides is 3. The van der Waals surface area contributed by atoms with Crippen molar-refractivity contribution in [2.24, 2.45) is 11.7 Å². The second kappa shape index (κ2) is 11.6. The standard InChI is InChI=1S/C23H33N5O6/c1-11(2)19(22(32)26-12(3)23(33)34)28-20(30)17(27-21(31)18(24)13(4)29)9-14-10-25-16-8-6-5-7-15(14)16/h5-8,10-13,17-19,25,29H,9,24H2,1-4H3,(H,26,32)(H,27,31)(H,28,30)(H,33,34). The van der Waals surface area contributed by atoms with E-state index in [1.807, 2.05) is 24.3 Å². The van der Waals surface area contributed by atoms with Crippen LogP contribution in [0.15, 0.2) is 30.5 Å². The maximum absolute atomic E-state index is 13.2. The maximum atomic E-state index is 13.2. The molecule has 2 aromatic rings. The molecule has 3 amide bonds. The number of nitrogens with one attached hydrogen (secondary N) is 4. The van der Waals surface area contributed by atoms with Gasteiger partial charge in [0, 0.05) is 23.5 Å². The molecule has 1 heterocycles. The summed E-state index contributed by atoms with van der Waals surface area (Å²) in [5.41, 5.74) is 7.34. The minimum absolute atomic E-state index is 0.0894. The molecular formula is C23H33N5O6. The normalized spacial score (nSPS) is 15.7. The first-order chi connectivity index (χ1) is 15.9. The first-order valence-corrected chi connectivity index (χ1v) is 11.0. The van der Waals surface area contributed by atoms with E-state index in [1.165, 1.54) is 13.8 Å². The summed E-state index contributed by atoms with van der Waals surface area (Å²) in [6.45, 7) is 6.08. The van der Waals surface area contributed by atoms with E-state index in [9.17, 15) is 24.3 Å². The zero-order valence-corrected chi connectivity index (χ0v) is 19.7. The lowest BCUT2D eigenvalue weighted by atomic mass is 10.00. The Balaban J connectivity index is 2.28. The Labute approximate surface area is 197 Å². The van der Waals surface area contributed by atoms with Crippen LogP contribution in [-0.4, -0.2) is 69.2 Å². The molecule has 5 atom stereocenters. The van der Waals surface area contributed by atoms with Gasteiger partial charge in [0.2, 0.25) is 17.7 Å². The van der Waals surface area contributed by atoms with Crippen LogP contribution in [0.1, 0.15) is 33.3 Å². The van der Waals surface area contributed by atoms with E-state index in [-0.39, 0.29) is 12.3 Å². The Morgan fingerprint density at radius 1 is 0.971 bits per heavy atom. The molecule has 11 heteroatoms. The zero-order chi connectivity index (χ0) is 25.6. The number of carbonyl (C=O) groups is 4. The van der Waals surface area contributed by atoms with Gasteiger partial charge in [0.15, 0.2) is 0 Å². The lowest BCUT2D eigenvalue weighted by molar-refractivity contribution is -0.142. The van der Waals surface area contributed by atoms with Crippen LogP contribution in [0, 0.1) is 5.92 Å². The smallest absolute Gasteiger partial charge is 0.325 e. The third kappa shape index (κ3) is 6.78. The number of rotatable bonds is 11. The van der Waals surface area contributed by atoms with Crippen molar-refractivity contribution in [1.82, 2.24) is 20.9 Å². The Kier molecular flexibility index (Phi) is 9.16. The van der Waals surface area contributed by atoms with E-state index in [4.69, 9.17) is 10.8 Å². The summed E-state index contributed by atoms with van der Waals surface area (Å²) in [6.07, 6.45) is 0.683. The Hall–Kier alpha value is -3.44. The summed E-state index contributed by atoms with van der Waals surface area (Å²) in [5.74, 6) is -3.60. The molecule has 186 valence electrons. The maximum Gasteiger partial charge on any atom is 0.325 e. The van der Waals surface area contributed by atoms with Crippen molar-refractivity contribution in [2.75, 3.05) is 0 Å². The number of para-hydroxylation sites is 1. The van der Waals surface area contributed by atoms with Crippen molar-refractivity contribution in [2.45, 2.75) is 64.4 Å². The van der Waals surface area contributed by atoms with E-state index in [0.29, 0.717) is 0 Å². The zero-order valence-electron chi connectivity index (χ0n) is 19.7. The van der Waals surface area contributed by atoms with Gasteiger partial charge >= 0.3 is 5.97 Å². The second-order valence-electron chi connectivity index (χ2n) is 8.69. The van der Waals surface area contributed by atoms with Crippen molar-refractivity contribution in [3.05, 3.63) is 36.0 Å². The van der Waals surface area contributed by atoms with Gasteiger partial charge in [0.25, 0.3) is 0 Å². The van der Waals surface area contributed by atoms with Crippen LogP contribution in [-0.2, 0) is 25.6 Å². The first kappa shape index (κ1) is 26.8. The van der Waals surface area contributed by atoms with Crippen LogP contribution in [0.25, 0.3) is 10.9 Å². The van der Waals surface area contributed by atoms with Crippen molar-refractivity contribution in [3.63, 3.8) is 0 Å². The Bertz CT molecular complexity index is 1030. The fraction of sp³-hybridized carbons (Fsp3) is 0.478. The number of hydrogen-bond donors (Lipinski definition) is 7. The third-order valence-corrected chi connectivity index (χ3v) is 5.53. The molecule has 0 bridgehead atoms. The number of aromatic amines is 1. The number of aromatic nitrogens is 1. The van der Waals surface area contributed by atoms with Crippen molar-refractivity contribution in [1.29, 1.82) is 0 Å². The fourth-order valence-corrected chi connectivity index (χ4v) is 3.37. The summed E-state index contributed by atoms with van der Waals surface area (Å²) in [5, 5.41) is 27.1. The molecule has 0 aliphatic heterocycles. The Morgan fingerprint density at radius 2 is 1.62 bits per heavy atom. The number of nitrogens with two attached hydrogens (primary N) is 1. The summed E-state index contributed by atoms with van der Waals surface area (Å²) in [4.78, 5) is 52.6. The quantitative estimate of drug-likeness (QED) is 0.231. The molecule has 1 aromatic carbocycles. The molecule has 0 radical (unpaired) electrons. The minimum atomic E-state index is -1.25. The monoisotopic (exact) mass is 475 g/mol. The van der Waals surface area contributed by atoms with E-state index in [1.54, 1.807) is 20.0 Å². The molecule has 0 aliphatic rings. The largest absolute Gasteiger partial charge is 0.480 e.